The van der Waals surface area contributed by atoms with Crippen molar-refractivity contribution in [3.05, 3.63) is 70.8 Å². The molecule has 1 aliphatic rings. The monoisotopic (exact) mass is 460 g/mol. The number of nitrogens with one attached hydrogen (secondary N) is 2. The first-order valence-electron chi connectivity index (χ1n) is 10.9. The molecule has 3 atom stereocenters. The summed E-state index contributed by atoms with van der Waals surface area (Å²) in [4.78, 5) is 11.6. The van der Waals surface area contributed by atoms with E-state index in [1.54, 1.807) is 11.8 Å². The van der Waals surface area contributed by atoms with Crippen molar-refractivity contribution >= 4 is 17.8 Å². The molecule has 2 aromatic rings. The zero-order valence-corrected chi connectivity index (χ0v) is 19.1. The summed E-state index contributed by atoms with van der Waals surface area (Å²) in [6.07, 6.45) is 0.0886. The van der Waals surface area contributed by atoms with Gasteiger partial charge in [-0.1, -0.05) is 48.5 Å². The lowest BCUT2D eigenvalue weighted by atomic mass is 10.0. The van der Waals surface area contributed by atoms with Crippen molar-refractivity contribution in [2.75, 3.05) is 24.7 Å². The first-order chi connectivity index (χ1) is 15.6. The molecule has 0 aliphatic carbocycles. The number of hydrogen-bond donors (Lipinski definition) is 4. The summed E-state index contributed by atoms with van der Waals surface area (Å²) < 4.78 is 12.6. The van der Waals surface area contributed by atoms with Crippen LogP contribution in [0.5, 0.6) is 0 Å². The molecule has 32 heavy (non-hydrogen) atoms. The van der Waals surface area contributed by atoms with Crippen molar-refractivity contribution in [3.8, 4) is 0 Å². The molecule has 8 heteroatoms. The zero-order valence-electron chi connectivity index (χ0n) is 18.3. The summed E-state index contributed by atoms with van der Waals surface area (Å²) in [5.74, 6) is 1.45. The van der Waals surface area contributed by atoms with E-state index in [2.05, 4.69) is 10.6 Å². The Morgan fingerprint density at radius 2 is 1.69 bits per heavy atom. The average Bonchev–Trinajstić information content (AvgIpc) is 2.83. The van der Waals surface area contributed by atoms with Gasteiger partial charge >= 0.3 is 6.03 Å². The van der Waals surface area contributed by atoms with Gasteiger partial charge in [-0.25, -0.2) is 4.79 Å². The largest absolute Gasteiger partial charge is 0.396 e. The fraction of sp³-hybridized carbons (Fsp3) is 0.458. The van der Waals surface area contributed by atoms with Gasteiger partial charge < -0.3 is 30.3 Å². The smallest absolute Gasteiger partial charge is 0.315 e. The topological polar surface area (TPSA) is 100 Å². The van der Waals surface area contributed by atoms with Crippen molar-refractivity contribution in [3.63, 3.8) is 0 Å². The van der Waals surface area contributed by atoms with Crippen LogP contribution in [0.25, 0.3) is 0 Å². The molecule has 0 bridgehead atoms. The lowest BCUT2D eigenvalue weighted by Crippen LogP contribution is -2.34. The minimum absolute atomic E-state index is 0.00750. The Balaban J connectivity index is 1.69. The SMILES string of the molecule is CCNC(=O)NCc1ccc([C@@H]2O[C@H](CSCCO)C[C@H](c3ccc(CO)cc3)O2)cc1. The van der Waals surface area contributed by atoms with E-state index in [0.717, 1.165) is 34.4 Å². The number of amides is 2. The molecule has 1 heterocycles. The molecule has 2 aromatic carbocycles. The van der Waals surface area contributed by atoms with Gasteiger partial charge in [-0.2, -0.15) is 11.8 Å². The molecule has 0 saturated carbocycles. The number of ether oxygens (including phenoxy) is 2. The normalized spacial score (nSPS) is 20.7. The number of urea groups is 1. The van der Waals surface area contributed by atoms with E-state index in [0.29, 0.717) is 18.8 Å². The highest BCUT2D eigenvalue weighted by Gasteiger charge is 2.32. The second-order valence-corrected chi connectivity index (χ2v) is 8.75. The Labute approximate surface area is 193 Å². The first kappa shape index (κ1) is 24.5. The Morgan fingerprint density at radius 1 is 1.00 bits per heavy atom. The average molecular weight is 461 g/mol. The van der Waals surface area contributed by atoms with Crippen molar-refractivity contribution in [1.82, 2.24) is 10.6 Å². The third-order valence-electron chi connectivity index (χ3n) is 5.20. The quantitative estimate of drug-likeness (QED) is 0.406. The van der Waals surface area contributed by atoms with Crippen LogP contribution in [-0.2, 0) is 22.6 Å². The lowest BCUT2D eigenvalue weighted by molar-refractivity contribution is -0.245. The minimum Gasteiger partial charge on any atom is -0.396 e. The molecule has 1 aliphatic heterocycles. The van der Waals surface area contributed by atoms with E-state index < -0.39 is 6.29 Å². The van der Waals surface area contributed by atoms with Crippen molar-refractivity contribution in [2.45, 2.75) is 45.0 Å². The van der Waals surface area contributed by atoms with Gasteiger partial charge in [0.15, 0.2) is 6.29 Å². The van der Waals surface area contributed by atoms with Crippen molar-refractivity contribution in [2.24, 2.45) is 0 Å². The molecule has 1 saturated heterocycles. The van der Waals surface area contributed by atoms with Crippen molar-refractivity contribution < 1.29 is 24.5 Å². The summed E-state index contributed by atoms with van der Waals surface area (Å²) in [6, 6.07) is 15.5. The van der Waals surface area contributed by atoms with Crippen LogP contribution in [0.4, 0.5) is 4.79 Å². The molecule has 0 unspecified atom stereocenters. The van der Waals surface area contributed by atoms with Gasteiger partial charge in [0.1, 0.15) is 0 Å². The third-order valence-corrected chi connectivity index (χ3v) is 6.28. The fourth-order valence-corrected chi connectivity index (χ4v) is 4.27. The number of hydrogen-bond acceptors (Lipinski definition) is 6. The molecular formula is C24H32N2O5S. The number of thioether (sulfide) groups is 1. The minimum atomic E-state index is -0.503. The predicted molar refractivity (Wildman–Crippen MR) is 125 cm³/mol. The summed E-state index contributed by atoms with van der Waals surface area (Å²) in [5, 5.41) is 23.9. The number of aliphatic hydroxyl groups excluding tert-OH is 2. The number of carbonyl (C=O) groups is 1. The molecule has 0 spiro atoms. The highest BCUT2D eigenvalue weighted by molar-refractivity contribution is 7.99. The van der Waals surface area contributed by atoms with Gasteiger partial charge in [-0.05, 0) is 23.6 Å². The van der Waals surface area contributed by atoms with Gasteiger partial charge in [0.25, 0.3) is 0 Å². The van der Waals surface area contributed by atoms with E-state index >= 15 is 0 Å². The lowest BCUT2D eigenvalue weighted by Gasteiger charge is -2.36. The number of benzene rings is 2. The molecule has 2 amide bonds. The Kier molecular flexibility index (Phi) is 9.83. The van der Waals surface area contributed by atoms with Crippen LogP contribution in [0, 0.1) is 0 Å². The first-order valence-corrected chi connectivity index (χ1v) is 12.1. The van der Waals surface area contributed by atoms with Crippen molar-refractivity contribution in [1.29, 1.82) is 0 Å². The zero-order chi connectivity index (χ0) is 22.8. The molecule has 1 fully saturated rings. The van der Waals surface area contributed by atoms with Crippen LogP contribution < -0.4 is 10.6 Å². The van der Waals surface area contributed by atoms with Gasteiger partial charge in [-0.3, -0.25) is 0 Å². The molecule has 3 rings (SSSR count). The van der Waals surface area contributed by atoms with E-state index in [4.69, 9.17) is 14.6 Å². The number of aliphatic hydroxyl groups is 2. The van der Waals surface area contributed by atoms with E-state index in [9.17, 15) is 9.90 Å². The maximum Gasteiger partial charge on any atom is 0.315 e. The predicted octanol–water partition coefficient (Wildman–Crippen LogP) is 3.27. The van der Waals surface area contributed by atoms with E-state index in [1.807, 2.05) is 55.5 Å². The van der Waals surface area contributed by atoms with Crippen LogP contribution in [0.15, 0.2) is 48.5 Å². The third kappa shape index (κ3) is 7.21. The highest BCUT2D eigenvalue weighted by Crippen LogP contribution is 2.38. The number of carbonyl (C=O) groups excluding carboxylic acids is 1. The Bertz CT molecular complexity index is 831. The second kappa shape index (κ2) is 12.8. The van der Waals surface area contributed by atoms with Gasteiger partial charge in [0.05, 0.1) is 25.4 Å². The Hall–Kier alpha value is -2.10. The standard InChI is InChI=1S/C24H32N2O5S/c1-2-25-24(29)26-14-17-3-9-20(10-4-17)23-30-21(16-32-12-11-27)13-22(31-23)19-7-5-18(15-28)6-8-19/h3-10,21-23,27-28H,2,11-16H2,1H3,(H2,25,26,29)/t21-,22+,23+/m0/s1. The molecule has 0 aromatic heterocycles. The van der Waals surface area contributed by atoms with E-state index in [1.165, 1.54) is 0 Å². The summed E-state index contributed by atoms with van der Waals surface area (Å²) >= 11 is 1.67. The van der Waals surface area contributed by atoms with Gasteiger partial charge in [-0.15, -0.1) is 0 Å². The molecule has 0 radical (unpaired) electrons. The molecule has 7 nitrogen and oxygen atoms in total. The highest BCUT2D eigenvalue weighted by atomic mass is 32.2. The second-order valence-electron chi connectivity index (χ2n) is 7.60. The van der Waals surface area contributed by atoms with E-state index in [-0.39, 0.29) is 31.5 Å². The Morgan fingerprint density at radius 3 is 2.34 bits per heavy atom. The van der Waals surface area contributed by atoms with Crippen LogP contribution in [-0.4, -0.2) is 47.0 Å². The maximum atomic E-state index is 11.6. The van der Waals surface area contributed by atoms with Crippen LogP contribution in [0.3, 0.4) is 0 Å². The van der Waals surface area contributed by atoms with Crippen LogP contribution in [0.2, 0.25) is 0 Å². The molecular weight excluding hydrogens is 428 g/mol. The van der Waals surface area contributed by atoms with Gasteiger partial charge in [0.2, 0.25) is 0 Å². The molecule has 4 N–H and O–H groups in total. The number of rotatable bonds is 10. The fourth-order valence-electron chi connectivity index (χ4n) is 3.50. The van der Waals surface area contributed by atoms with Crippen LogP contribution >= 0.6 is 11.8 Å². The summed E-state index contributed by atoms with van der Waals surface area (Å²) in [5.41, 5.74) is 3.82. The van der Waals surface area contributed by atoms with Crippen LogP contribution in [0.1, 0.15) is 48.0 Å². The van der Waals surface area contributed by atoms with Gasteiger partial charge in [0, 0.05) is 36.6 Å². The molecule has 174 valence electrons. The summed E-state index contributed by atoms with van der Waals surface area (Å²) in [7, 11) is 0. The summed E-state index contributed by atoms with van der Waals surface area (Å²) in [6.45, 7) is 3.07. The maximum absolute atomic E-state index is 11.6.